The molecule has 0 spiro atoms. The monoisotopic (exact) mass is 573 g/mol. The minimum atomic E-state index is -1.27. The molecule has 2 N–H and O–H groups in total. The predicted octanol–water partition coefficient (Wildman–Crippen LogP) is 2.46. The predicted molar refractivity (Wildman–Crippen MR) is 143 cm³/mol. The van der Waals surface area contributed by atoms with Gasteiger partial charge in [-0.2, -0.15) is 0 Å². The highest BCUT2D eigenvalue weighted by Gasteiger charge is 2.59. The molecule has 2 unspecified atom stereocenters. The molecule has 2 aromatic heterocycles. The Morgan fingerprint density at radius 2 is 1.92 bits per heavy atom. The second kappa shape index (κ2) is 10.4. The van der Waals surface area contributed by atoms with Gasteiger partial charge in [0.15, 0.2) is 5.16 Å². The number of carbonyl (C=O) groups excluding carboxylic acids is 2. The van der Waals surface area contributed by atoms with E-state index in [2.05, 4.69) is 10.2 Å². The minimum Gasteiger partial charge on any atom is -0.481 e. The van der Waals surface area contributed by atoms with Crippen LogP contribution in [0.2, 0.25) is 0 Å². The number of hydrogen-bond acceptors (Lipinski definition) is 9. The van der Waals surface area contributed by atoms with E-state index >= 15 is 0 Å². The number of aliphatic carboxylic acids is 2. The number of carboxylic acids is 2. The Hall–Kier alpha value is -3.36. The fourth-order valence-corrected chi connectivity index (χ4v) is 8.25. The lowest BCUT2D eigenvalue weighted by molar-refractivity contribution is -0.156. The van der Waals surface area contributed by atoms with Gasteiger partial charge in [-0.1, -0.05) is 30.0 Å². The maximum Gasteiger partial charge on any atom is 0.313 e. The molecule has 2 amide bonds. The Morgan fingerprint density at radius 1 is 1.16 bits per heavy atom. The quantitative estimate of drug-likeness (QED) is 0.289. The molecule has 5 rings (SSSR count). The average molecular weight is 574 g/mol. The number of carboxylic acid groups (broad SMARTS) is 2. The summed E-state index contributed by atoms with van der Waals surface area (Å²) in [5.74, 6) is -2.06. The van der Waals surface area contributed by atoms with Crippen molar-refractivity contribution in [2.24, 2.45) is 5.41 Å². The van der Waals surface area contributed by atoms with E-state index in [1.54, 1.807) is 34.9 Å². The van der Waals surface area contributed by atoms with Crippen LogP contribution in [-0.2, 0) is 25.6 Å². The van der Waals surface area contributed by atoms with E-state index in [9.17, 15) is 29.4 Å². The third kappa shape index (κ3) is 4.67. The SMILES string of the molecule is CC(=O)N(c1cccs1)C1C(=O)N2CC(CSc3nnc(CC(=O)O)n3-c3ccccc3)(C(=O)O)CS[C@H]12. The standard InChI is InChI=1S/C24H23N5O6S3/c1-14(30)28(17-8-5-9-36-17)19-20(33)27-11-24(22(34)35,12-37-21(19)27)13-38-23-26-25-16(10-18(31)32)29(23)15-6-3-2-4-7-15/h2-9,19,21H,10-13H2,1H3,(H,31,32)(H,34,35)/t19?,21-,24?/m1/s1. The van der Waals surface area contributed by atoms with Gasteiger partial charge in [-0.25, -0.2) is 0 Å². The fourth-order valence-electron chi connectivity index (χ4n) is 4.57. The number of thiophene rings is 1. The van der Waals surface area contributed by atoms with Gasteiger partial charge in [-0.3, -0.25) is 28.6 Å². The van der Waals surface area contributed by atoms with E-state index in [-0.39, 0.29) is 47.5 Å². The number of rotatable bonds is 9. The molecule has 4 heterocycles. The van der Waals surface area contributed by atoms with Crippen LogP contribution in [0.15, 0.2) is 53.0 Å². The Kier molecular flexibility index (Phi) is 7.20. The second-order valence-corrected chi connectivity index (χ2v) is 11.9. The first-order valence-corrected chi connectivity index (χ1v) is 14.5. The van der Waals surface area contributed by atoms with Gasteiger partial charge in [0.2, 0.25) is 11.8 Å². The highest BCUT2D eigenvalue weighted by molar-refractivity contribution is 8.00. The third-order valence-electron chi connectivity index (χ3n) is 6.43. The van der Waals surface area contributed by atoms with Gasteiger partial charge in [0, 0.05) is 30.7 Å². The molecule has 198 valence electrons. The summed E-state index contributed by atoms with van der Waals surface area (Å²) in [5, 5.41) is 30.3. The van der Waals surface area contributed by atoms with E-state index in [4.69, 9.17) is 0 Å². The molecule has 0 bridgehead atoms. The van der Waals surface area contributed by atoms with Crippen molar-refractivity contribution >= 4 is 63.6 Å². The Morgan fingerprint density at radius 3 is 2.55 bits per heavy atom. The molecule has 11 nitrogen and oxygen atoms in total. The molecule has 3 atom stereocenters. The lowest BCUT2D eigenvalue weighted by atomic mass is 9.89. The van der Waals surface area contributed by atoms with Gasteiger partial charge >= 0.3 is 11.9 Å². The van der Waals surface area contributed by atoms with Crippen LogP contribution < -0.4 is 4.90 Å². The van der Waals surface area contributed by atoms with Gasteiger partial charge in [0.25, 0.3) is 0 Å². The van der Waals surface area contributed by atoms with Crippen molar-refractivity contribution in [1.82, 2.24) is 19.7 Å². The van der Waals surface area contributed by atoms with Gasteiger partial charge < -0.3 is 15.1 Å². The smallest absolute Gasteiger partial charge is 0.313 e. The number of amides is 2. The zero-order chi connectivity index (χ0) is 27.0. The maximum atomic E-state index is 13.2. The summed E-state index contributed by atoms with van der Waals surface area (Å²) in [7, 11) is 0. The molecule has 3 aromatic rings. The van der Waals surface area contributed by atoms with Gasteiger partial charge in [0.1, 0.15) is 29.1 Å². The molecule has 0 radical (unpaired) electrons. The van der Waals surface area contributed by atoms with Crippen LogP contribution in [0, 0.1) is 5.41 Å². The van der Waals surface area contributed by atoms with Crippen LogP contribution in [0.3, 0.4) is 0 Å². The molecule has 0 saturated carbocycles. The number of carbonyl (C=O) groups is 4. The Bertz CT molecular complexity index is 1380. The van der Waals surface area contributed by atoms with Gasteiger partial charge in [-0.05, 0) is 29.6 Å². The van der Waals surface area contributed by atoms with Gasteiger partial charge in [-0.15, -0.1) is 33.3 Å². The summed E-state index contributed by atoms with van der Waals surface area (Å²) in [4.78, 5) is 52.6. The van der Waals surface area contributed by atoms with Crippen molar-refractivity contribution in [3.63, 3.8) is 0 Å². The molecule has 1 aromatic carbocycles. The van der Waals surface area contributed by atoms with E-state index in [1.807, 2.05) is 17.5 Å². The zero-order valence-corrected chi connectivity index (χ0v) is 22.5. The van der Waals surface area contributed by atoms with Crippen LogP contribution in [0.1, 0.15) is 12.7 Å². The van der Waals surface area contributed by atoms with Crippen LogP contribution in [-0.4, -0.2) is 83.1 Å². The first-order valence-electron chi connectivity index (χ1n) is 11.5. The van der Waals surface area contributed by atoms with E-state index in [1.165, 1.54) is 39.8 Å². The Balaban J connectivity index is 1.36. The number of aromatic nitrogens is 3. The minimum absolute atomic E-state index is 0.0000240. The maximum absolute atomic E-state index is 13.2. The summed E-state index contributed by atoms with van der Waals surface area (Å²) >= 11 is 3.89. The fraction of sp³-hybridized carbons (Fsp3) is 0.333. The highest BCUT2D eigenvalue weighted by atomic mass is 32.2. The molecule has 0 aliphatic carbocycles. The summed E-state index contributed by atoms with van der Waals surface area (Å²) in [5.41, 5.74) is -0.603. The van der Waals surface area contributed by atoms with Crippen molar-refractivity contribution in [3.8, 4) is 5.69 Å². The molecule has 38 heavy (non-hydrogen) atoms. The molecule has 2 aliphatic heterocycles. The van der Waals surface area contributed by atoms with E-state index in [0.717, 1.165) is 11.8 Å². The lowest BCUT2D eigenvalue weighted by Gasteiger charge is -2.55. The first-order chi connectivity index (χ1) is 18.2. The number of thioether (sulfide) groups is 2. The molecule has 2 aliphatic rings. The molecule has 14 heteroatoms. The van der Waals surface area contributed by atoms with Gasteiger partial charge in [0.05, 0.1) is 5.00 Å². The van der Waals surface area contributed by atoms with Crippen molar-refractivity contribution in [2.45, 2.75) is 29.9 Å². The molecule has 2 fully saturated rings. The zero-order valence-electron chi connectivity index (χ0n) is 20.1. The lowest BCUT2D eigenvalue weighted by Crippen LogP contribution is -2.74. The summed E-state index contributed by atoms with van der Waals surface area (Å²) < 4.78 is 1.61. The molecule has 2 saturated heterocycles. The van der Waals surface area contributed by atoms with Crippen molar-refractivity contribution < 1.29 is 29.4 Å². The number of β-lactam (4-membered cyclic amide) rings is 1. The summed E-state index contributed by atoms with van der Waals surface area (Å²) in [6.45, 7) is 1.42. The molecular weight excluding hydrogens is 550 g/mol. The topological polar surface area (TPSA) is 146 Å². The van der Waals surface area contributed by atoms with E-state index in [0.29, 0.717) is 15.8 Å². The third-order valence-corrected chi connectivity index (χ3v) is 10.1. The molecular formula is C24H23N5O6S3. The number of nitrogens with zero attached hydrogens (tertiary/aromatic N) is 5. The summed E-state index contributed by atoms with van der Waals surface area (Å²) in [6.07, 6.45) is -0.343. The van der Waals surface area contributed by atoms with Crippen LogP contribution in [0.4, 0.5) is 5.00 Å². The van der Waals surface area contributed by atoms with E-state index < -0.39 is 23.4 Å². The average Bonchev–Trinajstić information content (AvgIpc) is 3.56. The number of benzene rings is 1. The van der Waals surface area contributed by atoms with Crippen LogP contribution >= 0.6 is 34.9 Å². The Labute approximate surface area is 229 Å². The highest BCUT2D eigenvalue weighted by Crippen LogP contribution is 2.47. The van der Waals surface area contributed by atoms with Crippen molar-refractivity contribution in [3.05, 3.63) is 53.7 Å². The van der Waals surface area contributed by atoms with Crippen LogP contribution in [0.25, 0.3) is 5.69 Å². The number of para-hydroxylation sites is 1. The van der Waals surface area contributed by atoms with Crippen LogP contribution in [0.5, 0.6) is 0 Å². The number of fused-ring (bicyclic) bond motifs is 1. The summed E-state index contributed by atoms with van der Waals surface area (Å²) in [6, 6.07) is 11.9. The second-order valence-electron chi connectivity index (χ2n) is 8.97. The normalized spacial score (nSPS) is 22.4. The first kappa shape index (κ1) is 26.3. The van der Waals surface area contributed by atoms with Crippen molar-refractivity contribution in [1.29, 1.82) is 0 Å². The van der Waals surface area contributed by atoms with Crippen molar-refractivity contribution in [2.75, 3.05) is 23.0 Å². The number of hydrogen-bond donors (Lipinski definition) is 2. The number of anilines is 1. The largest absolute Gasteiger partial charge is 0.481 e.